The molecule has 1 atom stereocenters. The van der Waals surface area contributed by atoms with Gasteiger partial charge in [0.15, 0.2) is 0 Å². The van der Waals surface area contributed by atoms with Gasteiger partial charge in [-0.2, -0.15) is 0 Å². The lowest BCUT2D eigenvalue weighted by atomic mass is 10.0. The molecule has 9 heteroatoms. The Bertz CT molecular complexity index is 1680. The van der Waals surface area contributed by atoms with Crippen molar-refractivity contribution in [3.8, 4) is 5.75 Å². The van der Waals surface area contributed by atoms with E-state index in [2.05, 4.69) is 5.32 Å². The van der Waals surface area contributed by atoms with Gasteiger partial charge in [0.1, 0.15) is 18.3 Å². The van der Waals surface area contributed by atoms with E-state index in [-0.39, 0.29) is 23.8 Å². The van der Waals surface area contributed by atoms with E-state index >= 15 is 0 Å². The second-order valence-electron chi connectivity index (χ2n) is 10.5. The largest absolute Gasteiger partial charge is 0.497 e. The van der Waals surface area contributed by atoms with E-state index in [9.17, 15) is 18.0 Å². The van der Waals surface area contributed by atoms with Crippen LogP contribution in [-0.4, -0.2) is 51.4 Å². The molecule has 0 aliphatic heterocycles. The van der Waals surface area contributed by atoms with Crippen LogP contribution in [0.1, 0.15) is 29.2 Å². The molecule has 4 aromatic carbocycles. The zero-order valence-electron chi connectivity index (χ0n) is 25.6. The molecule has 0 aliphatic carbocycles. The number of rotatable bonds is 13. The van der Waals surface area contributed by atoms with Crippen molar-refractivity contribution in [1.82, 2.24) is 10.2 Å². The molecule has 44 heavy (non-hydrogen) atoms. The van der Waals surface area contributed by atoms with Crippen molar-refractivity contribution < 1.29 is 22.7 Å². The summed E-state index contributed by atoms with van der Waals surface area (Å²) in [4.78, 5) is 29.7. The standard InChI is InChI=1S/C35H39N3O5S/c1-5-36-35(40)33(23-28-15-8-6-9-16-28)37(24-29-17-13-18-30(22-29)43-4)34(39)25-38(32-21-12-14-26(2)27(32)3)44(41,42)31-19-10-7-11-20-31/h6-22,33H,5,23-25H2,1-4H3,(H,36,40)/t33-/m0/s1. The van der Waals surface area contributed by atoms with Gasteiger partial charge in [0.2, 0.25) is 11.8 Å². The van der Waals surface area contributed by atoms with Crippen molar-refractivity contribution in [2.75, 3.05) is 24.5 Å². The third-order valence-electron chi connectivity index (χ3n) is 7.56. The van der Waals surface area contributed by atoms with E-state index in [1.165, 1.54) is 17.0 Å². The van der Waals surface area contributed by atoms with Gasteiger partial charge in [0.25, 0.3) is 10.0 Å². The van der Waals surface area contributed by atoms with Gasteiger partial charge in [-0.25, -0.2) is 8.42 Å². The lowest BCUT2D eigenvalue weighted by Crippen LogP contribution is -2.53. The third kappa shape index (κ3) is 7.65. The van der Waals surface area contributed by atoms with Crippen LogP contribution in [0.5, 0.6) is 5.75 Å². The van der Waals surface area contributed by atoms with Gasteiger partial charge >= 0.3 is 0 Å². The van der Waals surface area contributed by atoms with E-state index in [0.717, 1.165) is 26.6 Å². The Kier molecular flexibility index (Phi) is 10.8. The fraction of sp³-hybridized carbons (Fsp3) is 0.257. The van der Waals surface area contributed by atoms with Crippen LogP contribution in [0.3, 0.4) is 0 Å². The molecule has 4 aromatic rings. The number of hydrogen-bond donors (Lipinski definition) is 1. The van der Waals surface area contributed by atoms with Gasteiger partial charge in [0, 0.05) is 19.5 Å². The minimum atomic E-state index is -4.16. The van der Waals surface area contributed by atoms with Crippen LogP contribution < -0.4 is 14.4 Å². The smallest absolute Gasteiger partial charge is 0.264 e. The van der Waals surface area contributed by atoms with Crippen LogP contribution >= 0.6 is 0 Å². The number of sulfonamides is 1. The Balaban J connectivity index is 1.83. The molecule has 0 heterocycles. The van der Waals surface area contributed by atoms with Gasteiger partial charge in [-0.15, -0.1) is 0 Å². The summed E-state index contributed by atoms with van der Waals surface area (Å²) in [7, 11) is -2.59. The minimum absolute atomic E-state index is 0.0662. The number of anilines is 1. The average Bonchev–Trinajstić information content (AvgIpc) is 3.04. The number of carbonyl (C=O) groups is 2. The summed E-state index contributed by atoms with van der Waals surface area (Å²) in [5.74, 6) is -0.228. The molecule has 230 valence electrons. The molecular formula is C35H39N3O5S. The molecular weight excluding hydrogens is 574 g/mol. The number of carbonyl (C=O) groups excluding carboxylic acids is 2. The number of ether oxygens (including phenoxy) is 1. The SMILES string of the molecule is CCNC(=O)[C@H](Cc1ccccc1)N(Cc1cccc(OC)c1)C(=O)CN(c1cccc(C)c1C)S(=O)(=O)c1ccccc1. The number of hydrogen-bond acceptors (Lipinski definition) is 5. The van der Waals surface area contributed by atoms with Gasteiger partial charge in [-0.1, -0.05) is 72.8 Å². The Morgan fingerprint density at radius 1 is 0.841 bits per heavy atom. The van der Waals surface area contributed by atoms with E-state index in [1.807, 2.05) is 69.3 Å². The summed E-state index contributed by atoms with van der Waals surface area (Å²) in [6.07, 6.45) is 0.247. The van der Waals surface area contributed by atoms with Crippen LogP contribution in [-0.2, 0) is 32.6 Å². The summed E-state index contributed by atoms with van der Waals surface area (Å²) in [6.45, 7) is 5.49. The fourth-order valence-corrected chi connectivity index (χ4v) is 6.55. The van der Waals surface area contributed by atoms with Crippen molar-refractivity contribution in [2.45, 2.75) is 44.7 Å². The van der Waals surface area contributed by atoms with Gasteiger partial charge < -0.3 is 15.0 Å². The molecule has 0 spiro atoms. The number of aryl methyl sites for hydroxylation is 1. The molecule has 0 fully saturated rings. The Morgan fingerprint density at radius 2 is 1.48 bits per heavy atom. The Morgan fingerprint density at radius 3 is 2.14 bits per heavy atom. The predicted octanol–water partition coefficient (Wildman–Crippen LogP) is 5.28. The number of benzene rings is 4. The summed E-state index contributed by atoms with van der Waals surface area (Å²) in [6, 6.07) is 29.3. The molecule has 1 N–H and O–H groups in total. The summed E-state index contributed by atoms with van der Waals surface area (Å²) < 4.78 is 34.9. The quantitative estimate of drug-likeness (QED) is 0.221. The molecule has 0 radical (unpaired) electrons. The maximum atomic E-state index is 14.5. The topological polar surface area (TPSA) is 96.0 Å². The maximum Gasteiger partial charge on any atom is 0.264 e. The summed E-state index contributed by atoms with van der Waals surface area (Å²) in [5.41, 5.74) is 3.64. The lowest BCUT2D eigenvalue weighted by Gasteiger charge is -2.34. The molecule has 0 aliphatic rings. The van der Waals surface area contributed by atoms with Crippen molar-refractivity contribution >= 4 is 27.5 Å². The first-order chi connectivity index (χ1) is 21.1. The zero-order valence-corrected chi connectivity index (χ0v) is 26.4. The first kappa shape index (κ1) is 32.3. The molecule has 0 saturated carbocycles. The number of amides is 2. The number of nitrogens with one attached hydrogen (secondary N) is 1. The first-order valence-electron chi connectivity index (χ1n) is 14.5. The molecule has 8 nitrogen and oxygen atoms in total. The van der Waals surface area contributed by atoms with Crippen molar-refractivity contribution in [1.29, 1.82) is 0 Å². The van der Waals surface area contributed by atoms with E-state index in [0.29, 0.717) is 18.0 Å². The van der Waals surface area contributed by atoms with Crippen LogP contribution in [0.25, 0.3) is 0 Å². The first-order valence-corrected chi connectivity index (χ1v) is 16.0. The molecule has 0 bridgehead atoms. The van der Waals surface area contributed by atoms with E-state index in [1.54, 1.807) is 49.6 Å². The Labute approximate surface area is 260 Å². The van der Waals surface area contributed by atoms with Crippen molar-refractivity contribution in [3.05, 3.63) is 125 Å². The lowest BCUT2D eigenvalue weighted by molar-refractivity contribution is -0.140. The van der Waals surface area contributed by atoms with Crippen molar-refractivity contribution in [3.63, 3.8) is 0 Å². The van der Waals surface area contributed by atoms with Crippen LogP contribution in [0.2, 0.25) is 0 Å². The second-order valence-corrected chi connectivity index (χ2v) is 12.4. The maximum absolute atomic E-state index is 14.5. The highest BCUT2D eigenvalue weighted by Crippen LogP contribution is 2.29. The second kappa shape index (κ2) is 14.7. The average molecular weight is 614 g/mol. The summed E-state index contributed by atoms with van der Waals surface area (Å²) >= 11 is 0. The van der Waals surface area contributed by atoms with Crippen LogP contribution in [0, 0.1) is 13.8 Å². The monoisotopic (exact) mass is 613 g/mol. The molecule has 0 aromatic heterocycles. The fourth-order valence-electron chi connectivity index (χ4n) is 5.05. The minimum Gasteiger partial charge on any atom is -0.497 e. The van der Waals surface area contributed by atoms with Crippen LogP contribution in [0.15, 0.2) is 108 Å². The van der Waals surface area contributed by atoms with Gasteiger partial charge in [0.05, 0.1) is 17.7 Å². The third-order valence-corrected chi connectivity index (χ3v) is 9.34. The molecule has 2 amide bonds. The number of nitrogens with zero attached hydrogens (tertiary/aromatic N) is 2. The van der Waals surface area contributed by atoms with Crippen LogP contribution in [0.4, 0.5) is 5.69 Å². The normalized spacial score (nSPS) is 11.8. The molecule has 0 unspecified atom stereocenters. The number of methoxy groups -OCH3 is 1. The number of likely N-dealkylation sites (N-methyl/N-ethyl adjacent to an activating group) is 1. The van der Waals surface area contributed by atoms with Crippen molar-refractivity contribution in [2.24, 2.45) is 0 Å². The van der Waals surface area contributed by atoms with Gasteiger partial charge in [-0.3, -0.25) is 13.9 Å². The zero-order chi connectivity index (χ0) is 31.7. The highest BCUT2D eigenvalue weighted by atomic mass is 32.2. The highest BCUT2D eigenvalue weighted by Gasteiger charge is 2.35. The molecule has 0 saturated heterocycles. The van der Waals surface area contributed by atoms with Gasteiger partial charge in [-0.05, 0) is 73.4 Å². The van der Waals surface area contributed by atoms with E-state index < -0.39 is 28.5 Å². The Hall–Kier alpha value is -4.63. The molecule has 4 rings (SSSR count). The summed E-state index contributed by atoms with van der Waals surface area (Å²) in [5, 5.41) is 2.88. The predicted molar refractivity (Wildman–Crippen MR) is 173 cm³/mol. The van der Waals surface area contributed by atoms with E-state index in [4.69, 9.17) is 4.74 Å². The highest BCUT2D eigenvalue weighted by molar-refractivity contribution is 7.92.